The zero-order valence-electron chi connectivity index (χ0n) is 22.2. The summed E-state index contributed by atoms with van der Waals surface area (Å²) in [4.78, 5) is 26.5. The van der Waals surface area contributed by atoms with E-state index in [1.54, 1.807) is 12.1 Å². The average Bonchev–Trinajstić information content (AvgIpc) is 2.93. The molecule has 6 N–H and O–H groups in total. The number of benzene rings is 1. The first kappa shape index (κ1) is 33.8. The molecule has 1 fully saturated rings. The van der Waals surface area contributed by atoms with E-state index in [1.807, 2.05) is 17.0 Å². The molecule has 2 rings (SSSR count). The minimum Gasteiger partial charge on any atom is -0.394 e. The summed E-state index contributed by atoms with van der Waals surface area (Å²) in [5.41, 5.74) is 1.57. The van der Waals surface area contributed by atoms with Crippen LogP contribution in [0, 0.1) is 0 Å². The third-order valence-corrected chi connectivity index (χ3v) is 6.75. The van der Waals surface area contributed by atoms with Crippen LogP contribution in [0.1, 0.15) is 41.6 Å². The van der Waals surface area contributed by atoms with E-state index in [2.05, 4.69) is 35.9 Å². The molecule has 13 heteroatoms. The van der Waals surface area contributed by atoms with Gasteiger partial charge in [0.2, 0.25) is 5.91 Å². The molecule has 39 heavy (non-hydrogen) atoms. The Labute approximate surface area is 241 Å². The monoisotopic (exact) mass is 589 g/mol. The van der Waals surface area contributed by atoms with Crippen LogP contribution in [0.4, 0.5) is 0 Å². The zero-order valence-corrected chi connectivity index (χ0v) is 23.9. The summed E-state index contributed by atoms with van der Waals surface area (Å²) in [6, 6.07) is 7.34. The minimum atomic E-state index is -1.45. The first-order valence-corrected chi connectivity index (χ1v) is 14.6. The topological polar surface area (TPSA) is 161 Å². The molecular formula is C26H43N3O8S2. The van der Waals surface area contributed by atoms with Crippen LogP contribution in [0.2, 0.25) is 0 Å². The fourth-order valence-electron chi connectivity index (χ4n) is 4.12. The molecule has 5 atom stereocenters. The fraction of sp³-hybridized carbons (Fsp3) is 0.692. The van der Waals surface area contributed by atoms with Crippen molar-refractivity contribution in [3.8, 4) is 0 Å². The lowest BCUT2D eigenvalue weighted by atomic mass is 9.99. The Bertz CT molecular complexity index is 849. The average molecular weight is 590 g/mol. The maximum absolute atomic E-state index is 12.5. The van der Waals surface area contributed by atoms with Gasteiger partial charge in [0.25, 0.3) is 5.91 Å². The number of amides is 2. The van der Waals surface area contributed by atoms with Gasteiger partial charge in [-0.25, -0.2) is 0 Å². The molecule has 1 aromatic carbocycles. The van der Waals surface area contributed by atoms with E-state index in [-0.39, 0.29) is 25.0 Å². The number of rotatable bonds is 18. The van der Waals surface area contributed by atoms with Gasteiger partial charge in [0, 0.05) is 49.9 Å². The molecule has 0 bridgehead atoms. The van der Waals surface area contributed by atoms with Crippen molar-refractivity contribution in [3.05, 3.63) is 35.4 Å². The number of carbonyl (C=O) groups excluding carboxylic acids is 2. The van der Waals surface area contributed by atoms with Gasteiger partial charge in [0.15, 0.2) is 6.29 Å². The highest BCUT2D eigenvalue weighted by molar-refractivity contribution is 7.80. The van der Waals surface area contributed by atoms with Gasteiger partial charge < -0.3 is 40.5 Å². The second-order valence-corrected chi connectivity index (χ2v) is 10.3. The molecule has 0 aliphatic carbocycles. The van der Waals surface area contributed by atoms with Gasteiger partial charge in [-0.2, -0.15) is 25.3 Å². The summed E-state index contributed by atoms with van der Waals surface area (Å²) >= 11 is 8.38. The summed E-state index contributed by atoms with van der Waals surface area (Å²) in [5.74, 6) is 1.02. The van der Waals surface area contributed by atoms with Gasteiger partial charge in [-0.3, -0.25) is 14.5 Å². The Morgan fingerprint density at radius 2 is 1.64 bits per heavy atom. The summed E-state index contributed by atoms with van der Waals surface area (Å²) in [6.45, 7) is 2.37. The zero-order chi connectivity index (χ0) is 28.6. The number of thiol groups is 2. The highest BCUT2D eigenvalue weighted by atomic mass is 32.1. The quantitative estimate of drug-likeness (QED) is 0.0840. The lowest BCUT2D eigenvalue weighted by molar-refractivity contribution is -0.301. The van der Waals surface area contributed by atoms with Gasteiger partial charge >= 0.3 is 0 Å². The van der Waals surface area contributed by atoms with Crippen molar-refractivity contribution in [1.82, 2.24) is 15.5 Å². The van der Waals surface area contributed by atoms with E-state index < -0.39 is 37.3 Å². The molecule has 222 valence electrons. The van der Waals surface area contributed by atoms with Crippen molar-refractivity contribution < 1.29 is 39.5 Å². The van der Waals surface area contributed by atoms with Crippen LogP contribution in [0.3, 0.4) is 0 Å². The first-order valence-electron chi connectivity index (χ1n) is 13.3. The summed E-state index contributed by atoms with van der Waals surface area (Å²) in [5, 5.41) is 44.5. The van der Waals surface area contributed by atoms with Gasteiger partial charge in [-0.05, 0) is 30.5 Å². The summed E-state index contributed by atoms with van der Waals surface area (Å²) < 4.78 is 10.8. The minimum absolute atomic E-state index is 0.0526. The van der Waals surface area contributed by atoms with E-state index in [0.29, 0.717) is 49.7 Å². The van der Waals surface area contributed by atoms with E-state index in [0.717, 1.165) is 24.8 Å². The largest absolute Gasteiger partial charge is 0.394 e. The number of nitrogens with one attached hydrogen (secondary N) is 2. The number of aliphatic hydroxyl groups is 4. The van der Waals surface area contributed by atoms with Crippen LogP contribution in [-0.4, -0.2) is 119 Å². The van der Waals surface area contributed by atoms with Gasteiger partial charge in [0.05, 0.1) is 13.2 Å². The van der Waals surface area contributed by atoms with Crippen molar-refractivity contribution in [2.24, 2.45) is 0 Å². The van der Waals surface area contributed by atoms with Crippen LogP contribution in [0.5, 0.6) is 0 Å². The Morgan fingerprint density at radius 1 is 0.923 bits per heavy atom. The van der Waals surface area contributed by atoms with Crippen molar-refractivity contribution in [2.45, 2.75) is 62.9 Å². The predicted molar refractivity (Wildman–Crippen MR) is 153 cm³/mol. The highest BCUT2D eigenvalue weighted by Crippen LogP contribution is 2.22. The summed E-state index contributed by atoms with van der Waals surface area (Å²) in [7, 11) is 0. The van der Waals surface area contributed by atoms with Gasteiger partial charge in [-0.15, -0.1) is 0 Å². The predicted octanol–water partition coefficient (Wildman–Crippen LogP) is -0.429. The lowest BCUT2D eigenvalue weighted by Gasteiger charge is -2.39. The third-order valence-electron chi connectivity index (χ3n) is 6.33. The normalized spacial score (nSPS) is 23.1. The molecule has 11 nitrogen and oxygen atoms in total. The standard InChI is InChI=1S/C26H43N3O8S2/c30-17-20-22(32)23(33)24(34)26(37-20)36-12-4-2-1-3-9-28-25(35)19-7-5-18(6-8-19)15-29(11-14-39)16-21(31)27-10-13-38/h5-8,20,22-24,26,30,32-34,38-39H,1-4,9-17H2,(H,27,31)(H,28,35)/t20-,22+,23+,24-,26-/m1/s1. The van der Waals surface area contributed by atoms with Gasteiger partial charge in [-0.1, -0.05) is 25.0 Å². The van der Waals surface area contributed by atoms with Crippen LogP contribution in [0.15, 0.2) is 24.3 Å². The lowest BCUT2D eigenvalue weighted by Crippen LogP contribution is -2.59. The van der Waals surface area contributed by atoms with Crippen molar-refractivity contribution in [2.75, 3.05) is 50.9 Å². The Balaban J connectivity index is 1.62. The van der Waals surface area contributed by atoms with Gasteiger partial charge in [0.1, 0.15) is 24.4 Å². The highest BCUT2D eigenvalue weighted by Gasteiger charge is 2.43. The van der Waals surface area contributed by atoms with E-state index in [1.165, 1.54) is 0 Å². The van der Waals surface area contributed by atoms with Crippen LogP contribution < -0.4 is 10.6 Å². The number of hydrogen-bond acceptors (Lipinski definition) is 11. The van der Waals surface area contributed by atoms with Crippen LogP contribution in [-0.2, 0) is 20.8 Å². The SMILES string of the molecule is O=C(CN(CCS)Cc1ccc(C(=O)NCCCCCCO[C@@H]2O[C@H](CO)[C@H](O)[C@H](O)[C@H]2O)cc1)NCCS. The van der Waals surface area contributed by atoms with Crippen molar-refractivity contribution >= 4 is 37.1 Å². The number of unbranched alkanes of at least 4 members (excludes halogenated alkanes) is 3. The Kier molecular flexibility index (Phi) is 16.3. The molecule has 1 heterocycles. The van der Waals surface area contributed by atoms with E-state index >= 15 is 0 Å². The molecule has 1 saturated heterocycles. The number of hydrogen-bond donors (Lipinski definition) is 8. The summed E-state index contributed by atoms with van der Waals surface area (Å²) in [6.07, 6.45) is -3.18. The molecule has 2 amide bonds. The van der Waals surface area contributed by atoms with E-state index in [4.69, 9.17) is 9.47 Å². The molecule has 0 saturated carbocycles. The van der Waals surface area contributed by atoms with Crippen molar-refractivity contribution in [3.63, 3.8) is 0 Å². The molecule has 0 aromatic heterocycles. The Morgan fingerprint density at radius 3 is 2.31 bits per heavy atom. The first-order chi connectivity index (χ1) is 18.8. The number of ether oxygens (including phenoxy) is 2. The molecule has 1 aromatic rings. The molecule has 0 radical (unpaired) electrons. The van der Waals surface area contributed by atoms with E-state index in [9.17, 15) is 30.0 Å². The van der Waals surface area contributed by atoms with Crippen molar-refractivity contribution in [1.29, 1.82) is 0 Å². The number of nitrogens with zero attached hydrogens (tertiary/aromatic N) is 1. The maximum atomic E-state index is 12.5. The second kappa shape index (κ2) is 18.8. The van der Waals surface area contributed by atoms with Crippen LogP contribution in [0.25, 0.3) is 0 Å². The molecule has 1 aliphatic heterocycles. The maximum Gasteiger partial charge on any atom is 0.251 e. The number of aliphatic hydroxyl groups excluding tert-OH is 4. The fourth-order valence-corrected chi connectivity index (χ4v) is 4.51. The number of carbonyl (C=O) groups is 2. The molecule has 0 spiro atoms. The molecule has 0 unspecified atom stereocenters. The molecule has 1 aliphatic rings. The van der Waals surface area contributed by atoms with Crippen LogP contribution >= 0.6 is 25.3 Å². The Hall–Kier alpha value is -1.42. The third kappa shape index (κ3) is 11.9. The smallest absolute Gasteiger partial charge is 0.251 e. The molecular weight excluding hydrogens is 546 g/mol. The second-order valence-electron chi connectivity index (χ2n) is 9.44.